The molecule has 0 aromatic heterocycles. The van der Waals surface area contributed by atoms with Crippen molar-refractivity contribution in [2.75, 3.05) is 11.9 Å². The van der Waals surface area contributed by atoms with Crippen LogP contribution in [-0.4, -0.2) is 6.54 Å². The minimum atomic E-state index is -0.888. The van der Waals surface area contributed by atoms with Gasteiger partial charge in [-0.2, -0.15) is 0 Å². The molecule has 1 aliphatic rings. The molecule has 94 valence electrons. The second-order valence-electron chi connectivity index (χ2n) is 4.61. The van der Waals surface area contributed by atoms with Crippen LogP contribution >= 0.6 is 0 Å². The molecular weight excluding hydrogens is 227 g/mol. The van der Waals surface area contributed by atoms with Crippen molar-refractivity contribution in [3.63, 3.8) is 0 Å². The fraction of sp³-hybridized carbons (Fsp3) is 0.538. The molecule has 2 rings (SSSR count). The number of hydrogen-bond acceptors (Lipinski definition) is 1. The number of anilines is 1. The van der Waals surface area contributed by atoms with Gasteiger partial charge in [-0.15, -0.1) is 0 Å². The molecular formula is C13H16F3N. The third-order valence-corrected chi connectivity index (χ3v) is 3.34. The van der Waals surface area contributed by atoms with Crippen LogP contribution in [0.1, 0.15) is 32.1 Å². The van der Waals surface area contributed by atoms with Gasteiger partial charge in [-0.1, -0.05) is 25.7 Å². The average Bonchev–Trinajstić information content (AvgIpc) is 2.74. The molecule has 17 heavy (non-hydrogen) atoms. The molecule has 0 amide bonds. The Kier molecular flexibility index (Phi) is 3.92. The Labute approximate surface area is 99.0 Å². The summed E-state index contributed by atoms with van der Waals surface area (Å²) in [5, 5.41) is 2.72. The molecule has 0 spiro atoms. The van der Waals surface area contributed by atoms with Crippen LogP contribution in [0.4, 0.5) is 18.9 Å². The van der Waals surface area contributed by atoms with Gasteiger partial charge in [0.05, 0.1) is 0 Å². The van der Waals surface area contributed by atoms with Gasteiger partial charge < -0.3 is 5.32 Å². The Morgan fingerprint density at radius 3 is 2.24 bits per heavy atom. The minimum Gasteiger partial charge on any atom is -0.380 e. The predicted molar refractivity (Wildman–Crippen MR) is 61.4 cm³/mol. The Morgan fingerprint density at radius 1 is 1.06 bits per heavy atom. The predicted octanol–water partition coefficient (Wildman–Crippen LogP) is 4.10. The molecule has 1 aromatic rings. The van der Waals surface area contributed by atoms with Crippen LogP contribution in [0.15, 0.2) is 12.1 Å². The van der Waals surface area contributed by atoms with Crippen molar-refractivity contribution < 1.29 is 13.2 Å². The summed E-state index contributed by atoms with van der Waals surface area (Å²) in [6.07, 6.45) is 5.83. The van der Waals surface area contributed by atoms with E-state index in [0.717, 1.165) is 6.42 Å². The normalized spacial score (nSPS) is 16.4. The zero-order valence-corrected chi connectivity index (χ0v) is 9.61. The zero-order valence-electron chi connectivity index (χ0n) is 9.61. The molecule has 0 atom stereocenters. The molecule has 4 heteroatoms. The number of rotatable bonds is 4. The highest BCUT2D eigenvalue weighted by Crippen LogP contribution is 2.28. The highest BCUT2D eigenvalue weighted by atomic mass is 19.1. The third kappa shape index (κ3) is 3.14. The molecule has 0 saturated heterocycles. The van der Waals surface area contributed by atoms with E-state index in [1.54, 1.807) is 0 Å². The van der Waals surface area contributed by atoms with Crippen molar-refractivity contribution in [1.29, 1.82) is 0 Å². The Hall–Kier alpha value is -1.19. The Balaban J connectivity index is 1.89. The molecule has 0 aliphatic heterocycles. The summed E-state index contributed by atoms with van der Waals surface area (Å²) in [6, 6.07) is 1.39. The van der Waals surface area contributed by atoms with E-state index in [2.05, 4.69) is 5.32 Å². The molecule has 1 saturated carbocycles. The number of halogens is 3. The highest BCUT2D eigenvalue weighted by molar-refractivity contribution is 5.46. The van der Waals surface area contributed by atoms with Crippen LogP contribution in [0.5, 0.6) is 0 Å². The van der Waals surface area contributed by atoms with Crippen LogP contribution in [0.25, 0.3) is 0 Å². The van der Waals surface area contributed by atoms with Gasteiger partial charge >= 0.3 is 0 Å². The van der Waals surface area contributed by atoms with E-state index in [4.69, 9.17) is 0 Å². The lowest BCUT2D eigenvalue weighted by Gasteiger charge is -2.12. The van der Waals surface area contributed by atoms with Crippen LogP contribution < -0.4 is 5.32 Å². The van der Waals surface area contributed by atoms with Gasteiger partial charge in [0.1, 0.15) is 11.5 Å². The lowest BCUT2D eigenvalue weighted by atomic mass is 10.0. The average molecular weight is 243 g/mol. The first-order valence-corrected chi connectivity index (χ1v) is 6.05. The van der Waals surface area contributed by atoms with Gasteiger partial charge in [-0.05, 0) is 12.3 Å². The standard InChI is InChI=1S/C13H16F3N/c14-10-7-11(15)13(12(16)8-10)17-6-5-9-3-1-2-4-9/h7-9,17H,1-6H2. The van der Waals surface area contributed by atoms with Gasteiger partial charge in [0.2, 0.25) is 0 Å². The molecule has 0 radical (unpaired) electrons. The summed E-state index contributed by atoms with van der Waals surface area (Å²) < 4.78 is 39.2. The van der Waals surface area contributed by atoms with E-state index in [1.165, 1.54) is 25.7 Å². The Morgan fingerprint density at radius 2 is 1.65 bits per heavy atom. The van der Waals surface area contributed by atoms with Gasteiger partial charge in [-0.25, -0.2) is 13.2 Å². The first-order chi connectivity index (χ1) is 8.16. The van der Waals surface area contributed by atoms with Crippen molar-refractivity contribution in [1.82, 2.24) is 0 Å². The van der Waals surface area contributed by atoms with Gasteiger partial charge in [0, 0.05) is 18.7 Å². The minimum absolute atomic E-state index is 0.218. The largest absolute Gasteiger partial charge is 0.380 e. The van der Waals surface area contributed by atoms with Crippen LogP contribution in [0.3, 0.4) is 0 Å². The molecule has 1 aromatic carbocycles. The highest BCUT2D eigenvalue weighted by Gasteiger charge is 2.15. The molecule has 1 nitrogen and oxygen atoms in total. The fourth-order valence-electron chi connectivity index (χ4n) is 2.41. The number of nitrogens with one attached hydrogen (secondary N) is 1. The molecule has 0 heterocycles. The topological polar surface area (TPSA) is 12.0 Å². The van der Waals surface area contributed by atoms with Gasteiger partial charge in [0.15, 0.2) is 11.6 Å². The summed E-state index contributed by atoms with van der Waals surface area (Å²) >= 11 is 0. The second-order valence-corrected chi connectivity index (χ2v) is 4.61. The summed E-state index contributed by atoms with van der Waals surface area (Å²) in [5.74, 6) is -1.96. The van der Waals surface area contributed by atoms with Crippen molar-refractivity contribution >= 4 is 5.69 Å². The maximum absolute atomic E-state index is 13.3. The van der Waals surface area contributed by atoms with Crippen LogP contribution in [-0.2, 0) is 0 Å². The monoisotopic (exact) mass is 243 g/mol. The molecule has 1 N–H and O–H groups in total. The first-order valence-electron chi connectivity index (χ1n) is 6.05. The Bertz CT molecular complexity index is 363. The van der Waals surface area contributed by atoms with E-state index in [0.29, 0.717) is 24.6 Å². The lowest BCUT2D eigenvalue weighted by molar-refractivity contribution is 0.513. The van der Waals surface area contributed by atoms with Gasteiger partial charge in [-0.3, -0.25) is 0 Å². The van der Waals surface area contributed by atoms with E-state index >= 15 is 0 Å². The van der Waals surface area contributed by atoms with E-state index < -0.39 is 17.5 Å². The number of benzene rings is 1. The van der Waals surface area contributed by atoms with Crippen molar-refractivity contribution in [2.24, 2.45) is 5.92 Å². The summed E-state index contributed by atoms with van der Waals surface area (Å²) in [7, 11) is 0. The zero-order chi connectivity index (χ0) is 12.3. The van der Waals surface area contributed by atoms with Crippen molar-refractivity contribution in [3.8, 4) is 0 Å². The summed E-state index contributed by atoms with van der Waals surface area (Å²) in [6.45, 7) is 0.532. The smallest absolute Gasteiger partial charge is 0.152 e. The summed E-state index contributed by atoms with van der Waals surface area (Å²) in [4.78, 5) is 0. The van der Waals surface area contributed by atoms with Crippen molar-refractivity contribution in [2.45, 2.75) is 32.1 Å². The van der Waals surface area contributed by atoms with Gasteiger partial charge in [0.25, 0.3) is 0 Å². The molecule has 1 aliphatic carbocycles. The second kappa shape index (κ2) is 5.43. The maximum atomic E-state index is 13.3. The van der Waals surface area contributed by atoms with E-state index in [9.17, 15) is 13.2 Å². The number of hydrogen-bond donors (Lipinski definition) is 1. The molecule has 0 unspecified atom stereocenters. The first kappa shape index (κ1) is 12.3. The third-order valence-electron chi connectivity index (χ3n) is 3.34. The van der Waals surface area contributed by atoms with Crippen LogP contribution in [0.2, 0.25) is 0 Å². The van der Waals surface area contributed by atoms with E-state index in [1.807, 2.05) is 0 Å². The lowest BCUT2D eigenvalue weighted by Crippen LogP contribution is -2.09. The van der Waals surface area contributed by atoms with Crippen molar-refractivity contribution in [3.05, 3.63) is 29.6 Å². The van der Waals surface area contributed by atoms with Crippen LogP contribution in [0, 0.1) is 23.4 Å². The van der Waals surface area contributed by atoms with E-state index in [-0.39, 0.29) is 5.69 Å². The fourth-order valence-corrected chi connectivity index (χ4v) is 2.41. The maximum Gasteiger partial charge on any atom is 0.152 e. The molecule has 1 fully saturated rings. The molecule has 0 bridgehead atoms. The summed E-state index contributed by atoms with van der Waals surface area (Å²) in [5.41, 5.74) is -0.218. The quantitative estimate of drug-likeness (QED) is 0.839. The SMILES string of the molecule is Fc1cc(F)c(NCCC2CCCC2)c(F)c1.